The number of hydrogen-bond acceptors (Lipinski definition) is 6. The molecule has 0 bridgehead atoms. The molecule has 0 amide bonds. The molecule has 7 nitrogen and oxygen atoms in total. The summed E-state index contributed by atoms with van der Waals surface area (Å²) in [5.74, 6) is 0. The number of primary sulfonamides is 1. The first-order chi connectivity index (χ1) is 9.38. The van der Waals surface area contributed by atoms with Crippen molar-refractivity contribution in [2.45, 2.75) is 16.9 Å². The van der Waals surface area contributed by atoms with Gasteiger partial charge in [-0.15, -0.1) is 0 Å². The molecule has 2 rings (SSSR count). The van der Waals surface area contributed by atoms with E-state index in [1.165, 1.54) is 6.07 Å². The van der Waals surface area contributed by atoms with Crippen LogP contribution in [-0.2, 0) is 19.5 Å². The number of nitrogens with two attached hydrogens (primary N) is 2. The Morgan fingerprint density at radius 1 is 1.50 bits per heavy atom. The van der Waals surface area contributed by atoms with Crippen molar-refractivity contribution in [3.63, 3.8) is 0 Å². The van der Waals surface area contributed by atoms with Gasteiger partial charge in [0, 0.05) is 26.7 Å². The third kappa shape index (κ3) is 3.04. The second-order valence-electron chi connectivity index (χ2n) is 4.81. The third-order valence-corrected chi connectivity index (χ3v) is 4.44. The first-order valence-electron chi connectivity index (χ1n) is 6.16. The van der Waals surface area contributed by atoms with Gasteiger partial charge in [0.25, 0.3) is 0 Å². The Morgan fingerprint density at radius 3 is 2.80 bits per heavy atom. The van der Waals surface area contributed by atoms with E-state index >= 15 is 0 Å². The van der Waals surface area contributed by atoms with Crippen molar-refractivity contribution < 1.29 is 17.9 Å². The maximum absolute atomic E-state index is 11.4. The molecule has 0 radical (unpaired) electrons. The molecule has 0 aliphatic carbocycles. The van der Waals surface area contributed by atoms with Crippen molar-refractivity contribution in [2.24, 2.45) is 5.14 Å². The van der Waals surface area contributed by atoms with Gasteiger partial charge in [-0.05, 0) is 12.1 Å². The molecular weight excluding hydrogens is 282 g/mol. The summed E-state index contributed by atoms with van der Waals surface area (Å²) in [6, 6.07) is 4.66. The van der Waals surface area contributed by atoms with Gasteiger partial charge in [0.05, 0.1) is 18.0 Å². The number of para-hydroxylation sites is 1. The maximum Gasteiger partial charge on any atom is 0.240 e. The average Bonchev–Trinajstić information content (AvgIpc) is 2.85. The number of sulfonamides is 1. The van der Waals surface area contributed by atoms with Gasteiger partial charge < -0.3 is 20.5 Å². The second kappa shape index (κ2) is 5.57. The topological polar surface area (TPSA) is 117 Å². The lowest BCUT2D eigenvalue weighted by Crippen LogP contribution is -2.39. The largest absolute Gasteiger partial charge is 0.396 e. The van der Waals surface area contributed by atoms with Crippen LogP contribution in [0.15, 0.2) is 23.1 Å². The van der Waals surface area contributed by atoms with Crippen LogP contribution in [0.3, 0.4) is 0 Å². The molecule has 1 fully saturated rings. The number of benzene rings is 1. The zero-order valence-corrected chi connectivity index (χ0v) is 12.1. The number of anilines is 2. The predicted molar refractivity (Wildman–Crippen MR) is 75.9 cm³/mol. The Labute approximate surface area is 118 Å². The van der Waals surface area contributed by atoms with Crippen molar-refractivity contribution in [3.05, 3.63) is 18.2 Å². The number of nitrogens with one attached hydrogen (secondary N) is 1. The minimum Gasteiger partial charge on any atom is -0.396 e. The number of hydrogen-bond donors (Lipinski definition) is 3. The van der Waals surface area contributed by atoms with E-state index in [1.54, 1.807) is 19.2 Å². The molecule has 0 spiro atoms. The Balaban J connectivity index is 2.18. The Morgan fingerprint density at radius 2 is 2.25 bits per heavy atom. The molecule has 8 heteroatoms. The van der Waals surface area contributed by atoms with Crippen molar-refractivity contribution in [1.82, 2.24) is 0 Å². The summed E-state index contributed by atoms with van der Waals surface area (Å²) in [5, 5.41) is 8.23. The van der Waals surface area contributed by atoms with Gasteiger partial charge in [-0.25, -0.2) is 13.6 Å². The van der Waals surface area contributed by atoms with Gasteiger partial charge in [-0.1, -0.05) is 6.07 Å². The first-order valence-corrected chi connectivity index (χ1v) is 7.71. The lowest BCUT2D eigenvalue weighted by atomic mass is 10.0. The highest BCUT2D eigenvalue weighted by Gasteiger charge is 2.34. The molecule has 20 heavy (non-hydrogen) atoms. The fourth-order valence-corrected chi connectivity index (χ4v) is 2.85. The fraction of sp³-hybridized carbons (Fsp3) is 0.500. The maximum atomic E-state index is 11.4. The van der Waals surface area contributed by atoms with Crippen LogP contribution in [0.4, 0.5) is 11.4 Å². The van der Waals surface area contributed by atoms with Gasteiger partial charge in [0.15, 0.2) is 0 Å². The summed E-state index contributed by atoms with van der Waals surface area (Å²) >= 11 is 0. The van der Waals surface area contributed by atoms with Gasteiger partial charge in [0.2, 0.25) is 10.0 Å². The lowest BCUT2D eigenvalue weighted by Gasteiger charge is -2.27. The van der Waals surface area contributed by atoms with Crippen LogP contribution in [0, 0.1) is 0 Å². The standard InChI is InChI=1S/C12H19N3O4S/c1-18-12(5-6-19-8-12)7-15-9-3-2-4-10(11(9)13)20(14,16)17/h2-4,15H,5-8,13H2,1H3,(H2,14,16,17). The first kappa shape index (κ1) is 15.0. The van der Waals surface area contributed by atoms with E-state index in [4.69, 9.17) is 20.3 Å². The van der Waals surface area contributed by atoms with E-state index in [0.29, 0.717) is 25.4 Å². The normalized spacial score (nSPS) is 22.9. The van der Waals surface area contributed by atoms with Crippen molar-refractivity contribution in [1.29, 1.82) is 0 Å². The van der Waals surface area contributed by atoms with E-state index in [1.807, 2.05) is 0 Å². The molecule has 0 saturated carbocycles. The zero-order valence-electron chi connectivity index (χ0n) is 11.3. The molecule has 1 saturated heterocycles. The summed E-state index contributed by atoms with van der Waals surface area (Å²) in [6.07, 6.45) is 0.769. The van der Waals surface area contributed by atoms with E-state index in [2.05, 4.69) is 5.32 Å². The number of ether oxygens (including phenoxy) is 2. The summed E-state index contributed by atoms with van der Waals surface area (Å²) < 4.78 is 33.6. The van der Waals surface area contributed by atoms with Gasteiger partial charge in [-0.3, -0.25) is 0 Å². The highest BCUT2D eigenvalue weighted by molar-refractivity contribution is 7.89. The van der Waals surface area contributed by atoms with Crippen LogP contribution >= 0.6 is 0 Å². The highest BCUT2D eigenvalue weighted by Crippen LogP contribution is 2.28. The van der Waals surface area contributed by atoms with Crippen LogP contribution in [0.1, 0.15) is 6.42 Å². The zero-order chi connectivity index (χ0) is 14.8. The smallest absolute Gasteiger partial charge is 0.240 e. The molecule has 1 atom stereocenters. The number of methoxy groups -OCH3 is 1. The fourth-order valence-electron chi connectivity index (χ4n) is 2.16. The van der Waals surface area contributed by atoms with Gasteiger partial charge >= 0.3 is 0 Å². The van der Waals surface area contributed by atoms with Crippen LogP contribution < -0.4 is 16.2 Å². The van der Waals surface area contributed by atoms with Crippen LogP contribution in [0.25, 0.3) is 0 Å². The monoisotopic (exact) mass is 301 g/mol. The van der Waals surface area contributed by atoms with Crippen LogP contribution in [0.2, 0.25) is 0 Å². The van der Waals surface area contributed by atoms with Crippen molar-refractivity contribution in [3.8, 4) is 0 Å². The van der Waals surface area contributed by atoms with Crippen LogP contribution in [-0.4, -0.2) is 40.9 Å². The van der Waals surface area contributed by atoms with Gasteiger partial charge in [0.1, 0.15) is 10.5 Å². The summed E-state index contributed by atoms with van der Waals surface area (Å²) in [5.41, 5.74) is 6.06. The highest BCUT2D eigenvalue weighted by atomic mass is 32.2. The van der Waals surface area contributed by atoms with E-state index in [9.17, 15) is 8.42 Å². The van der Waals surface area contributed by atoms with Crippen molar-refractivity contribution in [2.75, 3.05) is 37.9 Å². The number of nitrogen functional groups attached to an aromatic ring is 1. The average molecular weight is 301 g/mol. The third-order valence-electron chi connectivity index (χ3n) is 3.47. The lowest BCUT2D eigenvalue weighted by molar-refractivity contribution is -0.00619. The minimum absolute atomic E-state index is 0.0864. The minimum atomic E-state index is -3.84. The van der Waals surface area contributed by atoms with Gasteiger partial charge in [-0.2, -0.15) is 0 Å². The molecule has 112 valence electrons. The second-order valence-corrected chi connectivity index (χ2v) is 6.34. The molecule has 1 heterocycles. The molecule has 5 N–H and O–H groups in total. The van der Waals surface area contributed by atoms with Crippen molar-refractivity contribution >= 4 is 21.4 Å². The predicted octanol–water partition coefficient (Wildman–Crippen LogP) is 0.134. The Hall–Kier alpha value is -1.35. The molecule has 1 aromatic rings. The quantitative estimate of drug-likeness (QED) is 0.666. The Kier molecular flexibility index (Phi) is 4.19. The molecule has 0 aromatic heterocycles. The van der Waals surface area contributed by atoms with E-state index in [0.717, 1.165) is 6.42 Å². The molecule has 1 unspecified atom stereocenters. The number of rotatable bonds is 5. The van der Waals surface area contributed by atoms with Crippen LogP contribution in [0.5, 0.6) is 0 Å². The SMILES string of the molecule is COC1(CNc2cccc(S(N)(=O)=O)c2N)CCOC1. The van der Waals surface area contributed by atoms with E-state index < -0.39 is 15.6 Å². The Bertz CT molecular complexity index is 582. The molecular formula is C12H19N3O4S. The summed E-state index contributed by atoms with van der Waals surface area (Å²) in [6.45, 7) is 1.61. The summed E-state index contributed by atoms with van der Waals surface area (Å²) in [4.78, 5) is -0.0864. The molecule has 1 aliphatic heterocycles. The summed E-state index contributed by atoms with van der Waals surface area (Å²) in [7, 11) is -2.21. The molecule has 1 aromatic carbocycles. The van der Waals surface area contributed by atoms with E-state index in [-0.39, 0.29) is 10.6 Å². The molecule has 1 aliphatic rings.